The van der Waals surface area contributed by atoms with Crippen molar-refractivity contribution in [3.05, 3.63) is 46.3 Å². The predicted octanol–water partition coefficient (Wildman–Crippen LogP) is 2.43. The highest BCUT2D eigenvalue weighted by Gasteiger charge is 2.15. The molecule has 0 saturated heterocycles. The molecule has 0 bridgehead atoms. The van der Waals surface area contributed by atoms with Crippen molar-refractivity contribution in [2.75, 3.05) is 12.4 Å². The minimum atomic E-state index is -0.435. The fraction of sp³-hybridized carbons (Fsp3) is 0.308. The van der Waals surface area contributed by atoms with E-state index in [1.54, 1.807) is 16.8 Å². The van der Waals surface area contributed by atoms with E-state index in [0.717, 1.165) is 12.2 Å². The number of benzene rings is 1. The number of rotatable bonds is 6. The monoisotopic (exact) mass is 276 g/mol. The van der Waals surface area contributed by atoms with Crippen LogP contribution in [0.5, 0.6) is 5.75 Å². The average Bonchev–Trinajstić information content (AvgIpc) is 2.92. The van der Waals surface area contributed by atoms with E-state index in [0.29, 0.717) is 18.0 Å². The van der Waals surface area contributed by atoms with Gasteiger partial charge in [-0.05, 0) is 25.1 Å². The average molecular weight is 276 g/mol. The normalized spacial score (nSPS) is 10.3. The van der Waals surface area contributed by atoms with Crippen molar-refractivity contribution in [1.82, 2.24) is 9.78 Å². The topological polar surface area (TPSA) is 82.2 Å². The second-order valence-corrected chi connectivity index (χ2v) is 4.16. The highest BCUT2D eigenvalue weighted by Crippen LogP contribution is 2.29. The molecule has 0 unspecified atom stereocenters. The zero-order chi connectivity index (χ0) is 14.5. The number of anilines is 1. The lowest BCUT2D eigenvalue weighted by Gasteiger charge is -2.07. The van der Waals surface area contributed by atoms with Gasteiger partial charge >= 0.3 is 0 Å². The van der Waals surface area contributed by atoms with Crippen molar-refractivity contribution >= 4 is 11.4 Å². The van der Waals surface area contributed by atoms with Crippen molar-refractivity contribution in [1.29, 1.82) is 0 Å². The highest BCUT2D eigenvalue weighted by molar-refractivity contribution is 5.63. The van der Waals surface area contributed by atoms with Gasteiger partial charge < -0.3 is 10.1 Å². The molecule has 0 atom stereocenters. The third-order valence-corrected chi connectivity index (χ3v) is 2.88. The van der Waals surface area contributed by atoms with Gasteiger partial charge in [0.15, 0.2) is 0 Å². The van der Waals surface area contributed by atoms with E-state index >= 15 is 0 Å². The summed E-state index contributed by atoms with van der Waals surface area (Å²) in [5.41, 5.74) is 1.26. The summed E-state index contributed by atoms with van der Waals surface area (Å²) < 4.78 is 6.80. The molecule has 20 heavy (non-hydrogen) atoms. The fourth-order valence-corrected chi connectivity index (χ4v) is 1.80. The van der Waals surface area contributed by atoms with Crippen LogP contribution >= 0.6 is 0 Å². The maximum atomic E-state index is 11.0. The summed E-state index contributed by atoms with van der Waals surface area (Å²) in [6.45, 7) is 3.22. The Kier molecular flexibility index (Phi) is 4.19. The number of nitrogens with one attached hydrogen (secondary N) is 1. The molecule has 0 aliphatic carbocycles. The van der Waals surface area contributed by atoms with Crippen LogP contribution in [0.4, 0.5) is 11.4 Å². The Morgan fingerprint density at radius 3 is 2.85 bits per heavy atom. The fourth-order valence-electron chi connectivity index (χ4n) is 1.80. The number of ether oxygens (including phenoxy) is 1. The first-order chi connectivity index (χ1) is 9.63. The van der Waals surface area contributed by atoms with Gasteiger partial charge in [-0.1, -0.05) is 0 Å². The smallest absolute Gasteiger partial charge is 0.296 e. The van der Waals surface area contributed by atoms with Crippen molar-refractivity contribution in [3.8, 4) is 5.75 Å². The molecule has 2 rings (SSSR count). The van der Waals surface area contributed by atoms with Crippen molar-refractivity contribution in [2.45, 2.75) is 20.0 Å². The molecular formula is C13H16N4O3. The first-order valence-electron chi connectivity index (χ1n) is 6.22. The van der Waals surface area contributed by atoms with Gasteiger partial charge in [-0.3, -0.25) is 14.8 Å². The summed E-state index contributed by atoms with van der Waals surface area (Å²) in [5, 5.41) is 18.4. The molecule has 1 aromatic carbocycles. The lowest BCUT2D eigenvalue weighted by molar-refractivity contribution is -0.384. The maximum Gasteiger partial charge on any atom is 0.296 e. The van der Waals surface area contributed by atoms with Crippen molar-refractivity contribution in [3.63, 3.8) is 0 Å². The molecule has 0 aliphatic heterocycles. The number of nitrogens with zero attached hydrogens (tertiary/aromatic N) is 3. The third-order valence-electron chi connectivity index (χ3n) is 2.88. The number of nitro benzene ring substituents is 1. The Balaban J connectivity index is 2.14. The molecule has 7 nitrogen and oxygen atoms in total. The largest absolute Gasteiger partial charge is 0.496 e. The van der Waals surface area contributed by atoms with Crippen LogP contribution in [0.1, 0.15) is 12.6 Å². The van der Waals surface area contributed by atoms with E-state index in [-0.39, 0.29) is 5.69 Å². The zero-order valence-corrected chi connectivity index (χ0v) is 11.4. The van der Waals surface area contributed by atoms with Crippen LogP contribution in [0.25, 0.3) is 0 Å². The predicted molar refractivity (Wildman–Crippen MR) is 74.9 cm³/mol. The number of hydrogen-bond donors (Lipinski definition) is 1. The lowest BCUT2D eigenvalue weighted by Crippen LogP contribution is -2.04. The molecule has 0 spiro atoms. The Labute approximate surface area is 116 Å². The van der Waals surface area contributed by atoms with Gasteiger partial charge in [0.1, 0.15) is 11.4 Å². The van der Waals surface area contributed by atoms with Crippen LogP contribution in [0, 0.1) is 10.1 Å². The first-order valence-corrected chi connectivity index (χ1v) is 6.22. The van der Waals surface area contributed by atoms with Crippen LogP contribution in [0.2, 0.25) is 0 Å². The molecule has 2 aromatic rings. The Bertz CT molecular complexity index is 609. The quantitative estimate of drug-likeness (QED) is 0.647. The molecule has 1 aromatic heterocycles. The Hall–Kier alpha value is -2.57. The molecule has 106 valence electrons. The number of methoxy groups -OCH3 is 1. The molecule has 0 saturated carbocycles. The highest BCUT2D eigenvalue weighted by atomic mass is 16.6. The molecule has 0 aliphatic rings. The van der Waals surface area contributed by atoms with E-state index in [1.807, 2.05) is 19.2 Å². The second-order valence-electron chi connectivity index (χ2n) is 4.16. The third kappa shape index (κ3) is 3.05. The van der Waals surface area contributed by atoms with E-state index in [2.05, 4.69) is 10.4 Å². The minimum absolute atomic E-state index is 0.0146. The van der Waals surface area contributed by atoms with Gasteiger partial charge in [0.2, 0.25) is 0 Å². The number of aryl methyl sites for hydroxylation is 1. The minimum Gasteiger partial charge on any atom is -0.496 e. The first kappa shape index (κ1) is 13.9. The molecular weight excluding hydrogens is 260 g/mol. The molecule has 0 radical (unpaired) electrons. The standard InChI is InChI=1S/C13H16N4O3/c1-3-16-7-6-10(15-16)9-14-12-5-4-11(20-2)8-13(12)17(18)19/h4-8,14H,3,9H2,1-2H3. The van der Waals surface area contributed by atoms with Crippen molar-refractivity contribution < 1.29 is 9.66 Å². The van der Waals surface area contributed by atoms with Crippen molar-refractivity contribution in [2.24, 2.45) is 0 Å². The van der Waals surface area contributed by atoms with Gasteiger partial charge in [0, 0.05) is 12.7 Å². The summed E-state index contributed by atoms with van der Waals surface area (Å²) >= 11 is 0. The lowest BCUT2D eigenvalue weighted by atomic mass is 10.2. The molecule has 0 fully saturated rings. The van der Waals surface area contributed by atoms with Crippen LogP contribution in [-0.4, -0.2) is 21.8 Å². The van der Waals surface area contributed by atoms with Gasteiger partial charge in [-0.2, -0.15) is 5.10 Å². The second kappa shape index (κ2) is 6.05. The van der Waals surface area contributed by atoms with E-state index in [9.17, 15) is 10.1 Å². The maximum absolute atomic E-state index is 11.0. The van der Waals surface area contributed by atoms with E-state index in [4.69, 9.17) is 4.74 Å². The van der Waals surface area contributed by atoms with Gasteiger partial charge in [-0.25, -0.2) is 0 Å². The molecule has 0 amide bonds. The summed E-state index contributed by atoms with van der Waals surface area (Å²) in [6, 6.07) is 6.59. The molecule has 1 N–H and O–H groups in total. The Morgan fingerprint density at radius 2 is 2.25 bits per heavy atom. The number of nitro groups is 1. The van der Waals surface area contributed by atoms with Gasteiger partial charge in [0.05, 0.1) is 30.3 Å². The summed E-state index contributed by atoms with van der Waals surface area (Å²) in [5.74, 6) is 0.456. The summed E-state index contributed by atoms with van der Waals surface area (Å²) in [4.78, 5) is 10.6. The van der Waals surface area contributed by atoms with Crippen LogP contribution < -0.4 is 10.1 Å². The van der Waals surface area contributed by atoms with Crippen LogP contribution in [-0.2, 0) is 13.1 Å². The summed E-state index contributed by atoms with van der Waals surface area (Å²) in [7, 11) is 1.48. The molecule has 7 heteroatoms. The van der Waals surface area contributed by atoms with Crippen LogP contribution in [0.3, 0.4) is 0 Å². The van der Waals surface area contributed by atoms with E-state index in [1.165, 1.54) is 13.2 Å². The zero-order valence-electron chi connectivity index (χ0n) is 11.4. The summed E-state index contributed by atoms with van der Waals surface area (Å²) in [6.07, 6.45) is 1.87. The van der Waals surface area contributed by atoms with Gasteiger partial charge in [-0.15, -0.1) is 0 Å². The van der Waals surface area contributed by atoms with E-state index < -0.39 is 4.92 Å². The SMILES string of the molecule is CCn1ccc(CNc2ccc(OC)cc2[N+](=O)[O-])n1. The van der Waals surface area contributed by atoms with Crippen LogP contribution in [0.15, 0.2) is 30.5 Å². The number of hydrogen-bond acceptors (Lipinski definition) is 5. The number of aromatic nitrogens is 2. The Morgan fingerprint density at radius 1 is 1.45 bits per heavy atom. The van der Waals surface area contributed by atoms with Gasteiger partial charge in [0.25, 0.3) is 5.69 Å². The molecule has 1 heterocycles.